The molecule has 1 aromatic carbocycles. The van der Waals surface area contributed by atoms with Gasteiger partial charge in [-0.05, 0) is 24.5 Å². The van der Waals surface area contributed by atoms with Crippen LogP contribution < -0.4 is 10.5 Å². The lowest BCUT2D eigenvalue weighted by Crippen LogP contribution is -2.12. The number of anilines is 1. The van der Waals surface area contributed by atoms with Crippen molar-refractivity contribution in [2.45, 2.75) is 39.5 Å². The summed E-state index contributed by atoms with van der Waals surface area (Å²) in [6.45, 7) is 4.83. The zero-order valence-electron chi connectivity index (χ0n) is 12.7. The lowest BCUT2D eigenvalue weighted by molar-refractivity contribution is 0.227. The molecule has 0 fully saturated rings. The number of ether oxygens (including phenoxy) is 1. The molecular weight excluding hydrogens is 267 g/mol. The number of nitrogen functional groups attached to an aromatic ring is 1. The smallest absolute Gasteiger partial charge is 0.181 e. The molecule has 0 saturated carbocycles. The van der Waals surface area contributed by atoms with E-state index in [0.29, 0.717) is 23.7 Å². The van der Waals surface area contributed by atoms with Gasteiger partial charge >= 0.3 is 0 Å². The molecule has 0 saturated heterocycles. The van der Waals surface area contributed by atoms with Crippen molar-refractivity contribution in [1.82, 2.24) is 4.98 Å². The summed E-state index contributed by atoms with van der Waals surface area (Å²) in [5, 5.41) is 0.732. The molecule has 1 aromatic heterocycles. The van der Waals surface area contributed by atoms with Gasteiger partial charge < -0.3 is 10.5 Å². The van der Waals surface area contributed by atoms with Gasteiger partial charge in [0.05, 0.1) is 6.61 Å². The molecule has 3 nitrogen and oxygen atoms in total. The maximum absolute atomic E-state index is 14.1. The molecule has 0 spiro atoms. The average Bonchev–Trinajstić information content (AvgIpc) is 2.50. The van der Waals surface area contributed by atoms with E-state index in [4.69, 9.17) is 10.5 Å². The molecular formula is C17H23FN2O. The Bertz CT molecular complexity index is 601. The van der Waals surface area contributed by atoms with Crippen molar-refractivity contribution in [3.8, 4) is 5.75 Å². The predicted molar refractivity (Wildman–Crippen MR) is 84.9 cm³/mol. The van der Waals surface area contributed by atoms with E-state index in [0.717, 1.165) is 24.6 Å². The lowest BCUT2D eigenvalue weighted by atomic mass is 10.0. The summed E-state index contributed by atoms with van der Waals surface area (Å²) >= 11 is 0. The van der Waals surface area contributed by atoms with Crippen molar-refractivity contribution >= 4 is 16.6 Å². The van der Waals surface area contributed by atoms with Crippen molar-refractivity contribution in [2.75, 3.05) is 12.3 Å². The van der Waals surface area contributed by atoms with Crippen LogP contribution in [0.15, 0.2) is 24.4 Å². The molecule has 1 heterocycles. The molecule has 114 valence electrons. The fourth-order valence-corrected chi connectivity index (χ4v) is 2.45. The van der Waals surface area contributed by atoms with Gasteiger partial charge in [0.1, 0.15) is 5.52 Å². The second kappa shape index (κ2) is 7.25. The van der Waals surface area contributed by atoms with Crippen molar-refractivity contribution in [3.63, 3.8) is 0 Å². The van der Waals surface area contributed by atoms with Crippen LogP contribution in [0.1, 0.15) is 39.5 Å². The first-order valence-electron chi connectivity index (χ1n) is 7.62. The SMILES string of the molecule is CCCCC(CC)COc1c(F)cc(N)c2cccnc12. The molecule has 2 rings (SSSR count). The summed E-state index contributed by atoms with van der Waals surface area (Å²) in [6, 6.07) is 4.93. The molecule has 0 radical (unpaired) electrons. The summed E-state index contributed by atoms with van der Waals surface area (Å²) in [5.74, 6) is 0.222. The van der Waals surface area contributed by atoms with E-state index in [9.17, 15) is 4.39 Å². The predicted octanol–water partition coefficient (Wildman–Crippen LogP) is 4.55. The molecule has 1 atom stereocenters. The molecule has 1 unspecified atom stereocenters. The molecule has 21 heavy (non-hydrogen) atoms. The van der Waals surface area contributed by atoms with Gasteiger partial charge in [-0.2, -0.15) is 0 Å². The third-order valence-electron chi connectivity index (χ3n) is 3.84. The molecule has 0 aliphatic carbocycles. The summed E-state index contributed by atoms with van der Waals surface area (Å²) in [7, 11) is 0. The van der Waals surface area contributed by atoms with Crippen LogP contribution in [0.2, 0.25) is 0 Å². The van der Waals surface area contributed by atoms with E-state index in [1.54, 1.807) is 12.3 Å². The minimum absolute atomic E-state index is 0.217. The van der Waals surface area contributed by atoms with Gasteiger partial charge in [-0.1, -0.05) is 33.1 Å². The van der Waals surface area contributed by atoms with Crippen LogP contribution >= 0.6 is 0 Å². The summed E-state index contributed by atoms with van der Waals surface area (Å²) in [5.41, 5.74) is 6.73. The number of hydrogen-bond acceptors (Lipinski definition) is 3. The molecule has 4 heteroatoms. The minimum atomic E-state index is -0.441. The highest BCUT2D eigenvalue weighted by Gasteiger charge is 2.15. The third kappa shape index (κ3) is 3.63. The van der Waals surface area contributed by atoms with Crippen LogP contribution in [0.5, 0.6) is 5.75 Å². The Kier molecular flexibility index (Phi) is 5.37. The zero-order valence-corrected chi connectivity index (χ0v) is 12.7. The van der Waals surface area contributed by atoms with Crippen molar-refractivity contribution < 1.29 is 9.13 Å². The fourth-order valence-electron chi connectivity index (χ4n) is 2.45. The van der Waals surface area contributed by atoms with Gasteiger partial charge in [-0.15, -0.1) is 0 Å². The fraction of sp³-hybridized carbons (Fsp3) is 0.471. The van der Waals surface area contributed by atoms with E-state index >= 15 is 0 Å². The average molecular weight is 290 g/mol. The number of hydrogen-bond donors (Lipinski definition) is 1. The molecule has 0 aliphatic rings. The Morgan fingerprint density at radius 2 is 2.19 bits per heavy atom. The first-order valence-corrected chi connectivity index (χ1v) is 7.62. The number of fused-ring (bicyclic) bond motifs is 1. The van der Waals surface area contributed by atoms with Crippen molar-refractivity contribution in [1.29, 1.82) is 0 Å². The summed E-state index contributed by atoms with van der Waals surface area (Å²) in [4.78, 5) is 4.22. The van der Waals surface area contributed by atoms with Gasteiger partial charge in [0, 0.05) is 23.3 Å². The number of halogens is 1. The van der Waals surface area contributed by atoms with Gasteiger partial charge in [0.25, 0.3) is 0 Å². The highest BCUT2D eigenvalue weighted by Crippen LogP contribution is 2.32. The maximum Gasteiger partial charge on any atom is 0.181 e. The second-order valence-electron chi connectivity index (χ2n) is 5.40. The highest BCUT2D eigenvalue weighted by atomic mass is 19.1. The standard InChI is InChI=1S/C17H23FN2O/c1-3-5-7-12(4-2)11-21-17-14(18)10-15(19)13-8-6-9-20-16(13)17/h6,8-10,12H,3-5,7,11,19H2,1-2H3. The quantitative estimate of drug-likeness (QED) is 0.761. The van der Waals surface area contributed by atoms with E-state index in [1.807, 2.05) is 6.07 Å². The van der Waals surface area contributed by atoms with Crippen LogP contribution in [0.3, 0.4) is 0 Å². The van der Waals surface area contributed by atoms with Crippen LogP contribution in [0, 0.1) is 11.7 Å². The van der Waals surface area contributed by atoms with Crippen LogP contribution in [0.25, 0.3) is 10.9 Å². The Labute approximate surface area is 125 Å². The molecule has 2 aromatic rings. The summed E-state index contributed by atoms with van der Waals surface area (Å²) in [6.07, 6.45) is 6.10. The van der Waals surface area contributed by atoms with Crippen LogP contribution in [-0.2, 0) is 0 Å². The van der Waals surface area contributed by atoms with E-state index in [-0.39, 0.29) is 5.75 Å². The molecule has 0 amide bonds. The first kappa shape index (κ1) is 15.5. The Hall–Kier alpha value is -1.84. The Morgan fingerprint density at radius 1 is 1.38 bits per heavy atom. The third-order valence-corrected chi connectivity index (χ3v) is 3.84. The number of pyridine rings is 1. The number of rotatable bonds is 7. The van der Waals surface area contributed by atoms with E-state index < -0.39 is 5.82 Å². The maximum atomic E-state index is 14.1. The Balaban J connectivity index is 2.22. The molecule has 0 bridgehead atoms. The number of unbranched alkanes of at least 4 members (excludes halogenated alkanes) is 1. The largest absolute Gasteiger partial charge is 0.488 e. The van der Waals surface area contributed by atoms with Gasteiger partial charge in [0.15, 0.2) is 11.6 Å². The van der Waals surface area contributed by atoms with Crippen LogP contribution in [-0.4, -0.2) is 11.6 Å². The molecule has 2 N–H and O–H groups in total. The highest BCUT2D eigenvalue weighted by molar-refractivity contribution is 5.94. The monoisotopic (exact) mass is 290 g/mol. The van der Waals surface area contributed by atoms with Gasteiger partial charge in [-0.3, -0.25) is 4.98 Å². The molecule has 0 aliphatic heterocycles. The van der Waals surface area contributed by atoms with Gasteiger partial charge in [-0.25, -0.2) is 4.39 Å². The normalized spacial score (nSPS) is 12.5. The van der Waals surface area contributed by atoms with Crippen molar-refractivity contribution in [3.05, 3.63) is 30.2 Å². The topological polar surface area (TPSA) is 48.1 Å². The van der Waals surface area contributed by atoms with Crippen LogP contribution in [0.4, 0.5) is 10.1 Å². The van der Waals surface area contributed by atoms with Crippen molar-refractivity contribution in [2.24, 2.45) is 5.92 Å². The number of benzene rings is 1. The summed E-state index contributed by atoms with van der Waals surface area (Å²) < 4.78 is 19.9. The lowest BCUT2D eigenvalue weighted by Gasteiger charge is -2.17. The zero-order chi connectivity index (χ0) is 15.2. The second-order valence-corrected chi connectivity index (χ2v) is 5.40. The number of nitrogens with two attached hydrogens (primary N) is 1. The minimum Gasteiger partial charge on any atom is -0.488 e. The number of aromatic nitrogens is 1. The van der Waals surface area contributed by atoms with E-state index in [2.05, 4.69) is 18.8 Å². The van der Waals surface area contributed by atoms with E-state index in [1.165, 1.54) is 12.5 Å². The Morgan fingerprint density at radius 3 is 2.90 bits per heavy atom. The first-order chi connectivity index (χ1) is 10.2. The van der Waals surface area contributed by atoms with Gasteiger partial charge in [0.2, 0.25) is 0 Å². The number of nitrogens with zero attached hydrogens (tertiary/aromatic N) is 1.